The molecule has 0 radical (unpaired) electrons. The lowest BCUT2D eigenvalue weighted by Gasteiger charge is -2.21. The second-order valence-electron chi connectivity index (χ2n) is 5.30. The molecule has 2 aromatic carbocycles. The lowest BCUT2D eigenvalue weighted by molar-refractivity contribution is 0.539. The van der Waals surface area contributed by atoms with Gasteiger partial charge in [0.05, 0.1) is 0 Å². The minimum atomic E-state index is 0.483. The Morgan fingerprint density at radius 2 is 1.80 bits per heavy atom. The molecule has 20 heavy (non-hydrogen) atoms. The molecule has 1 aliphatic rings. The first-order valence-electron chi connectivity index (χ1n) is 7.41. The van der Waals surface area contributed by atoms with Crippen molar-refractivity contribution in [2.75, 3.05) is 6.54 Å². The normalized spacial score (nSPS) is 20.9. The lowest BCUT2D eigenvalue weighted by Crippen LogP contribution is -2.27. The van der Waals surface area contributed by atoms with E-state index in [2.05, 4.69) is 66.8 Å². The number of rotatable bonds is 5. The van der Waals surface area contributed by atoms with Gasteiger partial charge in [0.25, 0.3) is 0 Å². The highest BCUT2D eigenvalue weighted by Gasteiger charge is 2.32. The Morgan fingerprint density at radius 1 is 1.05 bits per heavy atom. The predicted molar refractivity (Wildman–Crippen MR) is 87.3 cm³/mol. The van der Waals surface area contributed by atoms with E-state index >= 15 is 0 Å². The zero-order chi connectivity index (χ0) is 13.8. The summed E-state index contributed by atoms with van der Waals surface area (Å²) < 4.78 is 0. The van der Waals surface area contributed by atoms with Crippen LogP contribution >= 0.6 is 11.8 Å². The highest BCUT2D eigenvalue weighted by molar-refractivity contribution is 8.00. The maximum absolute atomic E-state index is 3.74. The summed E-state index contributed by atoms with van der Waals surface area (Å²) in [6.07, 6.45) is 2.35. The van der Waals surface area contributed by atoms with Crippen LogP contribution in [0.4, 0.5) is 0 Å². The van der Waals surface area contributed by atoms with Crippen LogP contribution in [0.3, 0.4) is 0 Å². The van der Waals surface area contributed by atoms with E-state index in [-0.39, 0.29) is 0 Å². The van der Waals surface area contributed by atoms with E-state index in [0.717, 1.165) is 13.0 Å². The summed E-state index contributed by atoms with van der Waals surface area (Å²) in [5.41, 5.74) is 3.00. The lowest BCUT2D eigenvalue weighted by atomic mass is 10.1. The Balaban J connectivity index is 1.80. The van der Waals surface area contributed by atoms with Crippen molar-refractivity contribution in [3.63, 3.8) is 0 Å². The fourth-order valence-corrected chi connectivity index (χ4v) is 4.19. The zero-order valence-electron chi connectivity index (χ0n) is 11.9. The third-order valence-corrected chi connectivity index (χ3v) is 5.11. The number of hydrogen-bond acceptors (Lipinski definition) is 2. The van der Waals surface area contributed by atoms with Crippen LogP contribution in [0, 0.1) is 0 Å². The molecule has 2 atom stereocenters. The van der Waals surface area contributed by atoms with Crippen molar-refractivity contribution >= 4 is 11.8 Å². The molecule has 104 valence electrons. The zero-order valence-corrected chi connectivity index (χ0v) is 12.7. The fourth-order valence-electron chi connectivity index (χ4n) is 2.88. The van der Waals surface area contributed by atoms with Gasteiger partial charge in [-0.05, 0) is 42.6 Å². The van der Waals surface area contributed by atoms with Gasteiger partial charge in [-0.25, -0.2) is 0 Å². The molecule has 0 bridgehead atoms. The highest BCUT2D eigenvalue weighted by Crippen LogP contribution is 2.41. The minimum Gasteiger partial charge on any atom is -0.309 e. The second kappa shape index (κ2) is 6.47. The first kappa shape index (κ1) is 13.7. The summed E-state index contributed by atoms with van der Waals surface area (Å²) in [5, 5.41) is 4.34. The van der Waals surface area contributed by atoms with E-state index in [4.69, 9.17) is 0 Å². The van der Waals surface area contributed by atoms with Gasteiger partial charge in [0.15, 0.2) is 0 Å². The molecule has 2 heteroatoms. The van der Waals surface area contributed by atoms with E-state index in [1.807, 2.05) is 11.8 Å². The first-order valence-corrected chi connectivity index (χ1v) is 8.29. The third-order valence-electron chi connectivity index (χ3n) is 3.83. The molecule has 2 unspecified atom stereocenters. The molecule has 1 nitrogen and oxygen atoms in total. The van der Waals surface area contributed by atoms with Crippen LogP contribution in [0.2, 0.25) is 0 Å². The standard InChI is InChI=1S/C18H21NS/c1-2-12-19-18-16-11-7-6-8-14(16)13-17(18)20-15-9-4-3-5-10-15/h3-11,17-19H,2,12-13H2,1H3. The van der Waals surface area contributed by atoms with Crippen molar-refractivity contribution < 1.29 is 0 Å². The van der Waals surface area contributed by atoms with Gasteiger partial charge in [0.1, 0.15) is 0 Å². The Morgan fingerprint density at radius 3 is 2.60 bits per heavy atom. The van der Waals surface area contributed by atoms with Gasteiger partial charge in [0.2, 0.25) is 0 Å². The quantitative estimate of drug-likeness (QED) is 0.870. The van der Waals surface area contributed by atoms with Crippen molar-refractivity contribution in [2.24, 2.45) is 0 Å². The monoisotopic (exact) mass is 283 g/mol. The highest BCUT2D eigenvalue weighted by atomic mass is 32.2. The summed E-state index contributed by atoms with van der Waals surface area (Å²) in [7, 11) is 0. The summed E-state index contributed by atoms with van der Waals surface area (Å²) in [6, 6.07) is 20.1. The van der Waals surface area contributed by atoms with Crippen LogP contribution in [0.5, 0.6) is 0 Å². The third kappa shape index (κ3) is 2.92. The first-order chi connectivity index (χ1) is 9.88. The largest absolute Gasteiger partial charge is 0.309 e. The van der Waals surface area contributed by atoms with Gasteiger partial charge >= 0.3 is 0 Å². The molecular weight excluding hydrogens is 262 g/mol. The number of benzene rings is 2. The molecule has 0 amide bonds. The molecule has 2 aromatic rings. The SMILES string of the molecule is CCCNC1c2ccccc2CC1Sc1ccccc1. The topological polar surface area (TPSA) is 12.0 Å². The van der Waals surface area contributed by atoms with Crippen molar-refractivity contribution in [3.05, 3.63) is 65.7 Å². The van der Waals surface area contributed by atoms with Crippen molar-refractivity contribution in [3.8, 4) is 0 Å². The number of fused-ring (bicyclic) bond motifs is 1. The molecule has 0 aliphatic heterocycles. The predicted octanol–water partition coefficient (Wildman–Crippen LogP) is 4.44. The maximum atomic E-state index is 3.74. The molecule has 3 rings (SSSR count). The second-order valence-corrected chi connectivity index (χ2v) is 6.62. The minimum absolute atomic E-state index is 0.483. The van der Waals surface area contributed by atoms with Gasteiger partial charge in [0, 0.05) is 16.2 Å². The Hall–Kier alpha value is -1.25. The van der Waals surface area contributed by atoms with Gasteiger partial charge in [-0.1, -0.05) is 49.4 Å². The molecule has 1 N–H and O–H groups in total. The Kier molecular flexibility index (Phi) is 4.44. The molecule has 0 saturated heterocycles. The van der Waals surface area contributed by atoms with Crippen molar-refractivity contribution in [1.82, 2.24) is 5.32 Å². The van der Waals surface area contributed by atoms with Gasteiger partial charge in [-0.2, -0.15) is 0 Å². The maximum Gasteiger partial charge on any atom is 0.0450 e. The summed E-state index contributed by atoms with van der Waals surface area (Å²) in [4.78, 5) is 1.37. The van der Waals surface area contributed by atoms with Crippen LogP contribution in [0.25, 0.3) is 0 Å². The molecule has 0 aromatic heterocycles. The Bertz CT molecular complexity index is 552. The molecule has 0 heterocycles. The summed E-state index contributed by atoms with van der Waals surface area (Å²) in [5.74, 6) is 0. The number of nitrogens with one attached hydrogen (secondary N) is 1. The van der Waals surface area contributed by atoms with Crippen LogP contribution < -0.4 is 5.32 Å². The van der Waals surface area contributed by atoms with Crippen LogP contribution in [0.15, 0.2) is 59.5 Å². The van der Waals surface area contributed by atoms with E-state index in [1.165, 1.54) is 22.4 Å². The molecule has 0 saturated carbocycles. The summed E-state index contributed by atoms with van der Waals surface area (Å²) in [6.45, 7) is 3.32. The molecule has 0 fully saturated rings. The molecule has 0 spiro atoms. The van der Waals surface area contributed by atoms with Gasteiger partial charge in [-0.3, -0.25) is 0 Å². The van der Waals surface area contributed by atoms with Crippen LogP contribution in [-0.4, -0.2) is 11.8 Å². The van der Waals surface area contributed by atoms with E-state index in [1.54, 1.807) is 0 Å². The number of thioether (sulfide) groups is 1. The van der Waals surface area contributed by atoms with Crippen molar-refractivity contribution in [2.45, 2.75) is 36.0 Å². The van der Waals surface area contributed by atoms with Crippen LogP contribution in [0.1, 0.15) is 30.5 Å². The summed E-state index contributed by atoms with van der Waals surface area (Å²) >= 11 is 2.00. The van der Waals surface area contributed by atoms with E-state index in [0.29, 0.717) is 11.3 Å². The van der Waals surface area contributed by atoms with Crippen LogP contribution in [-0.2, 0) is 6.42 Å². The Labute approximate surface area is 125 Å². The van der Waals surface area contributed by atoms with Gasteiger partial charge < -0.3 is 5.32 Å². The van der Waals surface area contributed by atoms with E-state index in [9.17, 15) is 0 Å². The average Bonchev–Trinajstić information content (AvgIpc) is 2.83. The molecular formula is C18H21NS. The smallest absolute Gasteiger partial charge is 0.0450 e. The van der Waals surface area contributed by atoms with Crippen molar-refractivity contribution in [1.29, 1.82) is 0 Å². The average molecular weight is 283 g/mol. The van der Waals surface area contributed by atoms with Gasteiger partial charge in [-0.15, -0.1) is 11.8 Å². The number of hydrogen-bond donors (Lipinski definition) is 1. The fraction of sp³-hybridized carbons (Fsp3) is 0.333. The molecule has 1 aliphatic carbocycles. The van der Waals surface area contributed by atoms with E-state index < -0.39 is 0 Å².